The zero-order chi connectivity index (χ0) is 15.6. The minimum absolute atomic E-state index is 0.257. The summed E-state index contributed by atoms with van der Waals surface area (Å²) in [5.74, 6) is 0. The molecule has 0 radical (unpaired) electrons. The molecule has 2 heterocycles. The smallest absolute Gasteiger partial charge is 0.0881 e. The van der Waals surface area contributed by atoms with Gasteiger partial charge in [-0.2, -0.15) is 0 Å². The number of morpholine rings is 1. The van der Waals surface area contributed by atoms with Crippen molar-refractivity contribution in [3.63, 3.8) is 0 Å². The van der Waals surface area contributed by atoms with Crippen molar-refractivity contribution >= 4 is 11.4 Å². The van der Waals surface area contributed by atoms with E-state index in [0.29, 0.717) is 0 Å². The number of likely N-dealkylation sites (N-methyl/N-ethyl adjacent to an activating group) is 1. The maximum atomic E-state index is 6.04. The van der Waals surface area contributed by atoms with Crippen LogP contribution in [0.25, 0.3) is 0 Å². The first-order valence-electron chi connectivity index (χ1n) is 8.55. The Labute approximate surface area is 138 Å². The van der Waals surface area contributed by atoms with Gasteiger partial charge in [0.2, 0.25) is 0 Å². The maximum Gasteiger partial charge on any atom is 0.0881 e. The van der Waals surface area contributed by atoms with Gasteiger partial charge < -0.3 is 14.5 Å². The van der Waals surface area contributed by atoms with Gasteiger partial charge in [0.25, 0.3) is 0 Å². The molecule has 2 aliphatic heterocycles. The summed E-state index contributed by atoms with van der Waals surface area (Å²) in [6.45, 7) is 3.78. The fourth-order valence-corrected chi connectivity index (χ4v) is 3.75. The molecule has 1 unspecified atom stereocenters. The molecular formula is C20H24N2O. The van der Waals surface area contributed by atoms with E-state index in [1.54, 1.807) is 0 Å². The number of nitrogens with zero attached hydrogens (tertiary/aromatic N) is 2. The maximum absolute atomic E-state index is 6.04. The van der Waals surface area contributed by atoms with E-state index >= 15 is 0 Å². The third-order valence-electron chi connectivity index (χ3n) is 4.96. The summed E-state index contributed by atoms with van der Waals surface area (Å²) in [5.41, 5.74) is 5.56. The number of rotatable bonds is 2. The Kier molecular flexibility index (Phi) is 4.06. The number of hydrogen-bond acceptors (Lipinski definition) is 3. The minimum atomic E-state index is 0.257. The van der Waals surface area contributed by atoms with Gasteiger partial charge in [-0.1, -0.05) is 36.4 Å². The van der Waals surface area contributed by atoms with Gasteiger partial charge in [0.05, 0.1) is 19.3 Å². The number of ether oxygens (including phenoxy) is 1. The quantitative estimate of drug-likeness (QED) is 0.847. The highest BCUT2D eigenvalue weighted by Gasteiger charge is 2.25. The second kappa shape index (κ2) is 6.34. The summed E-state index contributed by atoms with van der Waals surface area (Å²) in [7, 11) is 2.18. The molecule has 1 atom stereocenters. The van der Waals surface area contributed by atoms with Crippen LogP contribution in [0.4, 0.5) is 11.4 Å². The van der Waals surface area contributed by atoms with E-state index < -0.39 is 0 Å². The van der Waals surface area contributed by atoms with Gasteiger partial charge in [-0.05, 0) is 43.1 Å². The van der Waals surface area contributed by atoms with Crippen molar-refractivity contribution in [1.29, 1.82) is 0 Å². The third kappa shape index (κ3) is 2.99. The van der Waals surface area contributed by atoms with E-state index in [1.165, 1.54) is 22.5 Å². The van der Waals surface area contributed by atoms with Crippen LogP contribution in [0, 0.1) is 0 Å². The predicted molar refractivity (Wildman–Crippen MR) is 94.5 cm³/mol. The molecule has 2 aromatic rings. The number of fused-ring (bicyclic) bond motifs is 2. The Bertz CT molecular complexity index is 637. The highest BCUT2D eigenvalue weighted by molar-refractivity contribution is 5.71. The molecule has 3 nitrogen and oxygen atoms in total. The van der Waals surface area contributed by atoms with Crippen molar-refractivity contribution in [1.82, 2.24) is 4.90 Å². The van der Waals surface area contributed by atoms with Crippen LogP contribution in [0.2, 0.25) is 0 Å². The first kappa shape index (κ1) is 14.7. The van der Waals surface area contributed by atoms with Crippen molar-refractivity contribution in [2.75, 3.05) is 38.2 Å². The minimum Gasteiger partial charge on any atom is -0.374 e. The van der Waals surface area contributed by atoms with Crippen LogP contribution in [-0.2, 0) is 17.6 Å². The van der Waals surface area contributed by atoms with Crippen LogP contribution < -0.4 is 4.90 Å². The molecule has 4 rings (SSSR count). The lowest BCUT2D eigenvalue weighted by atomic mass is 10.0. The Hall–Kier alpha value is -1.84. The molecule has 120 valence electrons. The SMILES string of the molecule is CN1CCOC(CN2c3ccccc3CCc3ccccc32)C1. The number of para-hydroxylation sites is 2. The molecule has 3 heteroatoms. The zero-order valence-electron chi connectivity index (χ0n) is 13.7. The first-order chi connectivity index (χ1) is 11.3. The number of benzene rings is 2. The fraction of sp³-hybridized carbons (Fsp3) is 0.400. The Balaban J connectivity index is 1.71. The summed E-state index contributed by atoms with van der Waals surface area (Å²) in [6.07, 6.45) is 2.47. The van der Waals surface area contributed by atoms with Crippen molar-refractivity contribution in [3.8, 4) is 0 Å². The predicted octanol–water partition coefficient (Wildman–Crippen LogP) is 3.25. The first-order valence-corrected chi connectivity index (χ1v) is 8.55. The summed E-state index contributed by atoms with van der Waals surface area (Å²) < 4.78 is 6.04. The average Bonchev–Trinajstić information content (AvgIpc) is 2.73. The van der Waals surface area contributed by atoms with E-state index in [4.69, 9.17) is 4.74 Å². The summed E-state index contributed by atoms with van der Waals surface area (Å²) >= 11 is 0. The Morgan fingerprint density at radius 3 is 2.17 bits per heavy atom. The topological polar surface area (TPSA) is 15.7 Å². The van der Waals surface area contributed by atoms with Crippen LogP contribution in [0.5, 0.6) is 0 Å². The molecule has 0 amide bonds. The second-order valence-electron chi connectivity index (χ2n) is 6.62. The average molecular weight is 308 g/mol. The van der Waals surface area contributed by atoms with E-state index in [1.807, 2.05) is 0 Å². The highest BCUT2D eigenvalue weighted by atomic mass is 16.5. The van der Waals surface area contributed by atoms with Crippen molar-refractivity contribution in [2.45, 2.75) is 18.9 Å². The molecule has 0 N–H and O–H groups in total. The number of aryl methyl sites for hydroxylation is 2. The molecule has 1 saturated heterocycles. The van der Waals surface area contributed by atoms with Gasteiger partial charge in [0.15, 0.2) is 0 Å². The van der Waals surface area contributed by atoms with E-state index in [2.05, 4.69) is 65.4 Å². The molecule has 0 aromatic heterocycles. The standard InChI is InChI=1S/C20H24N2O/c1-21-12-13-23-18(14-21)15-22-19-8-4-2-6-16(19)10-11-17-7-3-5-9-20(17)22/h2-9,18H,10-15H2,1H3. The molecule has 23 heavy (non-hydrogen) atoms. The summed E-state index contributed by atoms with van der Waals surface area (Å²) in [6, 6.07) is 17.6. The highest BCUT2D eigenvalue weighted by Crippen LogP contribution is 2.36. The van der Waals surface area contributed by atoms with Crippen LogP contribution in [-0.4, -0.2) is 44.3 Å². The van der Waals surface area contributed by atoms with Crippen molar-refractivity contribution in [2.24, 2.45) is 0 Å². The summed E-state index contributed by atoms with van der Waals surface area (Å²) in [5, 5.41) is 0. The molecular weight excluding hydrogens is 284 g/mol. The van der Waals surface area contributed by atoms with E-state index in [0.717, 1.165) is 39.1 Å². The normalized spacial score (nSPS) is 21.4. The lowest BCUT2D eigenvalue weighted by Crippen LogP contribution is -2.45. The van der Waals surface area contributed by atoms with Gasteiger partial charge in [-0.25, -0.2) is 0 Å². The number of anilines is 2. The third-order valence-corrected chi connectivity index (χ3v) is 4.96. The van der Waals surface area contributed by atoms with Crippen molar-refractivity contribution < 1.29 is 4.74 Å². The van der Waals surface area contributed by atoms with Crippen LogP contribution >= 0.6 is 0 Å². The van der Waals surface area contributed by atoms with Gasteiger partial charge >= 0.3 is 0 Å². The fourth-order valence-electron chi connectivity index (χ4n) is 3.75. The Morgan fingerprint density at radius 1 is 0.957 bits per heavy atom. The molecule has 0 saturated carbocycles. The summed E-state index contributed by atoms with van der Waals surface area (Å²) in [4.78, 5) is 4.84. The van der Waals surface area contributed by atoms with Gasteiger partial charge in [0, 0.05) is 24.5 Å². The van der Waals surface area contributed by atoms with Gasteiger partial charge in [-0.15, -0.1) is 0 Å². The Morgan fingerprint density at radius 2 is 1.57 bits per heavy atom. The molecule has 0 aliphatic carbocycles. The van der Waals surface area contributed by atoms with E-state index in [-0.39, 0.29) is 6.10 Å². The molecule has 1 fully saturated rings. The van der Waals surface area contributed by atoms with Gasteiger partial charge in [-0.3, -0.25) is 0 Å². The molecule has 0 spiro atoms. The lowest BCUT2D eigenvalue weighted by molar-refractivity contribution is -0.0137. The zero-order valence-corrected chi connectivity index (χ0v) is 13.7. The van der Waals surface area contributed by atoms with Crippen molar-refractivity contribution in [3.05, 3.63) is 59.7 Å². The monoisotopic (exact) mass is 308 g/mol. The number of hydrogen-bond donors (Lipinski definition) is 0. The van der Waals surface area contributed by atoms with Gasteiger partial charge in [0.1, 0.15) is 0 Å². The lowest BCUT2D eigenvalue weighted by Gasteiger charge is -2.35. The molecule has 0 bridgehead atoms. The van der Waals surface area contributed by atoms with Crippen LogP contribution in [0.15, 0.2) is 48.5 Å². The van der Waals surface area contributed by atoms with E-state index in [9.17, 15) is 0 Å². The van der Waals surface area contributed by atoms with Crippen LogP contribution in [0.1, 0.15) is 11.1 Å². The molecule has 2 aliphatic rings. The molecule has 2 aromatic carbocycles. The second-order valence-corrected chi connectivity index (χ2v) is 6.62. The van der Waals surface area contributed by atoms with Crippen LogP contribution in [0.3, 0.4) is 0 Å². The largest absolute Gasteiger partial charge is 0.374 e.